The fourth-order valence-electron chi connectivity index (χ4n) is 3.20. The Morgan fingerprint density at radius 1 is 1.07 bits per heavy atom. The van der Waals surface area contributed by atoms with E-state index in [1.165, 1.54) is 0 Å². The molecule has 0 aromatic heterocycles. The second-order valence-corrected chi connectivity index (χ2v) is 6.69. The van der Waals surface area contributed by atoms with Gasteiger partial charge >= 0.3 is 0 Å². The third kappa shape index (κ3) is 4.25. The fraction of sp³-hybridized carbons (Fsp3) is 0.318. The van der Waals surface area contributed by atoms with Crippen LogP contribution in [0.5, 0.6) is 0 Å². The van der Waals surface area contributed by atoms with Crippen LogP contribution in [0.2, 0.25) is 0 Å². The molecule has 5 nitrogen and oxygen atoms in total. The molecule has 1 aliphatic heterocycles. The maximum atomic E-state index is 13.0. The van der Waals surface area contributed by atoms with Crippen molar-refractivity contribution in [2.45, 2.75) is 38.8 Å². The SMILES string of the molecule is CCCCCC(=O)N[C@@H]1N=C(c2ccccc2)c2ccccc2N(C)C1=O. The van der Waals surface area contributed by atoms with E-state index in [1.54, 1.807) is 11.9 Å². The zero-order valence-electron chi connectivity index (χ0n) is 15.8. The van der Waals surface area contributed by atoms with Gasteiger partial charge in [-0.15, -0.1) is 0 Å². The Morgan fingerprint density at radius 2 is 1.78 bits per heavy atom. The van der Waals surface area contributed by atoms with Crippen LogP contribution in [0.15, 0.2) is 59.6 Å². The number of benzodiazepines with no additional fused rings is 1. The maximum absolute atomic E-state index is 13.0. The minimum atomic E-state index is -0.924. The van der Waals surface area contributed by atoms with Crippen molar-refractivity contribution in [2.24, 2.45) is 4.99 Å². The number of hydrogen-bond acceptors (Lipinski definition) is 3. The van der Waals surface area contributed by atoms with Crippen molar-refractivity contribution in [3.63, 3.8) is 0 Å². The quantitative estimate of drug-likeness (QED) is 0.798. The monoisotopic (exact) mass is 363 g/mol. The van der Waals surface area contributed by atoms with E-state index in [0.717, 1.165) is 36.1 Å². The van der Waals surface area contributed by atoms with Crippen molar-refractivity contribution >= 4 is 23.2 Å². The number of nitrogens with one attached hydrogen (secondary N) is 1. The van der Waals surface area contributed by atoms with Gasteiger partial charge in [-0.3, -0.25) is 9.59 Å². The molecule has 5 heteroatoms. The van der Waals surface area contributed by atoms with E-state index < -0.39 is 6.17 Å². The molecule has 0 saturated heterocycles. The molecule has 0 unspecified atom stereocenters. The molecular weight excluding hydrogens is 338 g/mol. The fourth-order valence-corrected chi connectivity index (χ4v) is 3.20. The highest BCUT2D eigenvalue weighted by Gasteiger charge is 2.30. The number of anilines is 1. The van der Waals surface area contributed by atoms with Gasteiger partial charge in [0.15, 0.2) is 0 Å². The topological polar surface area (TPSA) is 61.8 Å². The molecule has 0 spiro atoms. The number of aliphatic imine (C=N–C) groups is 1. The Labute approximate surface area is 160 Å². The van der Waals surface area contributed by atoms with Crippen LogP contribution in [0.4, 0.5) is 5.69 Å². The molecule has 0 bridgehead atoms. The van der Waals surface area contributed by atoms with Gasteiger partial charge in [-0.2, -0.15) is 0 Å². The van der Waals surface area contributed by atoms with Gasteiger partial charge in [0, 0.05) is 24.6 Å². The van der Waals surface area contributed by atoms with Crippen LogP contribution in [0.3, 0.4) is 0 Å². The molecule has 1 aliphatic rings. The average Bonchev–Trinajstić information content (AvgIpc) is 2.80. The molecule has 2 aromatic rings. The maximum Gasteiger partial charge on any atom is 0.272 e. The molecule has 1 atom stereocenters. The minimum absolute atomic E-state index is 0.141. The number of fused-ring (bicyclic) bond motifs is 1. The predicted molar refractivity (Wildman–Crippen MR) is 108 cm³/mol. The number of rotatable bonds is 6. The first-order chi connectivity index (χ1) is 13.1. The minimum Gasteiger partial charge on any atom is -0.327 e. The first-order valence-corrected chi connectivity index (χ1v) is 9.41. The number of para-hydroxylation sites is 1. The van der Waals surface area contributed by atoms with Gasteiger partial charge in [-0.1, -0.05) is 68.3 Å². The second-order valence-electron chi connectivity index (χ2n) is 6.69. The smallest absolute Gasteiger partial charge is 0.272 e. The number of carbonyl (C=O) groups excluding carboxylic acids is 2. The van der Waals surface area contributed by atoms with Crippen LogP contribution < -0.4 is 10.2 Å². The van der Waals surface area contributed by atoms with Crippen LogP contribution in [0.25, 0.3) is 0 Å². The lowest BCUT2D eigenvalue weighted by atomic mass is 10.0. The summed E-state index contributed by atoms with van der Waals surface area (Å²) in [5.41, 5.74) is 3.29. The van der Waals surface area contributed by atoms with Gasteiger partial charge in [0.25, 0.3) is 5.91 Å². The Bertz CT molecular complexity index is 846. The van der Waals surface area contributed by atoms with Crippen LogP contribution in [0, 0.1) is 0 Å². The van der Waals surface area contributed by atoms with E-state index in [0.29, 0.717) is 12.1 Å². The van der Waals surface area contributed by atoms with E-state index >= 15 is 0 Å². The van der Waals surface area contributed by atoms with Crippen molar-refractivity contribution in [1.82, 2.24) is 5.32 Å². The number of nitrogens with zero attached hydrogens (tertiary/aromatic N) is 2. The molecule has 0 fully saturated rings. The van der Waals surface area contributed by atoms with E-state index in [9.17, 15) is 9.59 Å². The van der Waals surface area contributed by atoms with E-state index in [4.69, 9.17) is 0 Å². The third-order valence-electron chi connectivity index (χ3n) is 4.70. The Balaban J connectivity index is 1.97. The van der Waals surface area contributed by atoms with Crippen LogP contribution in [0.1, 0.15) is 43.7 Å². The van der Waals surface area contributed by atoms with Crippen molar-refractivity contribution < 1.29 is 9.59 Å². The van der Waals surface area contributed by atoms with Gasteiger partial charge in [-0.05, 0) is 12.5 Å². The highest BCUT2D eigenvalue weighted by atomic mass is 16.2. The van der Waals surface area contributed by atoms with Crippen LogP contribution in [-0.2, 0) is 9.59 Å². The van der Waals surface area contributed by atoms with Crippen molar-refractivity contribution in [2.75, 3.05) is 11.9 Å². The van der Waals surface area contributed by atoms with Crippen LogP contribution in [-0.4, -0.2) is 30.7 Å². The summed E-state index contributed by atoms with van der Waals surface area (Å²) in [5.74, 6) is -0.380. The summed E-state index contributed by atoms with van der Waals surface area (Å²) < 4.78 is 0. The summed E-state index contributed by atoms with van der Waals surface area (Å²) in [6.45, 7) is 2.09. The van der Waals surface area contributed by atoms with Crippen LogP contribution >= 0.6 is 0 Å². The molecule has 2 aromatic carbocycles. The largest absolute Gasteiger partial charge is 0.327 e. The van der Waals surface area contributed by atoms with Crippen molar-refractivity contribution in [3.8, 4) is 0 Å². The Kier molecular flexibility index (Phi) is 6.01. The lowest BCUT2D eigenvalue weighted by molar-refractivity contribution is -0.127. The number of amides is 2. The highest BCUT2D eigenvalue weighted by Crippen LogP contribution is 2.27. The van der Waals surface area contributed by atoms with Crippen molar-refractivity contribution in [3.05, 3.63) is 65.7 Å². The summed E-state index contributed by atoms with van der Waals surface area (Å²) in [4.78, 5) is 31.5. The van der Waals surface area contributed by atoms with E-state index in [2.05, 4.69) is 17.2 Å². The van der Waals surface area contributed by atoms with E-state index in [-0.39, 0.29) is 11.8 Å². The number of unbranched alkanes of at least 4 members (excludes halogenated alkanes) is 2. The first kappa shape index (κ1) is 18.8. The van der Waals surface area contributed by atoms with Gasteiger partial charge < -0.3 is 10.2 Å². The zero-order valence-corrected chi connectivity index (χ0v) is 15.8. The van der Waals surface area contributed by atoms with Crippen molar-refractivity contribution in [1.29, 1.82) is 0 Å². The number of carbonyl (C=O) groups is 2. The Morgan fingerprint density at radius 3 is 2.52 bits per heavy atom. The normalized spacial score (nSPS) is 16.4. The summed E-state index contributed by atoms with van der Waals surface area (Å²) in [6, 6.07) is 17.4. The van der Waals surface area contributed by atoms with Gasteiger partial charge in [0.05, 0.1) is 11.4 Å². The lowest BCUT2D eigenvalue weighted by Gasteiger charge is -2.20. The molecule has 1 N–H and O–H groups in total. The lowest BCUT2D eigenvalue weighted by Crippen LogP contribution is -2.46. The zero-order chi connectivity index (χ0) is 19.2. The summed E-state index contributed by atoms with van der Waals surface area (Å²) >= 11 is 0. The molecular formula is C22H25N3O2. The molecule has 140 valence electrons. The standard InChI is InChI=1S/C22H25N3O2/c1-3-4-6-15-19(26)23-21-22(27)25(2)18-14-10-9-13-17(18)20(24-21)16-11-7-5-8-12-16/h5,7-14,21H,3-4,6,15H2,1-2H3,(H,23,26)/t21-/m1/s1. The molecule has 0 aliphatic carbocycles. The predicted octanol–water partition coefficient (Wildman–Crippen LogP) is 3.52. The molecule has 0 saturated carbocycles. The third-order valence-corrected chi connectivity index (χ3v) is 4.70. The number of likely N-dealkylation sites (N-methyl/N-ethyl adjacent to an activating group) is 1. The number of hydrogen-bond donors (Lipinski definition) is 1. The second kappa shape index (κ2) is 8.62. The average molecular weight is 363 g/mol. The summed E-state index contributed by atoms with van der Waals surface area (Å²) in [7, 11) is 1.72. The Hall–Kier alpha value is -2.95. The number of benzene rings is 2. The first-order valence-electron chi connectivity index (χ1n) is 9.41. The molecule has 0 radical (unpaired) electrons. The van der Waals surface area contributed by atoms with E-state index in [1.807, 2.05) is 54.6 Å². The van der Waals surface area contributed by atoms with Gasteiger partial charge in [0.2, 0.25) is 12.1 Å². The molecule has 3 rings (SSSR count). The molecule has 2 amide bonds. The highest BCUT2D eigenvalue weighted by molar-refractivity contribution is 6.20. The molecule has 27 heavy (non-hydrogen) atoms. The summed E-state index contributed by atoms with van der Waals surface area (Å²) in [5, 5.41) is 2.81. The van der Waals surface area contributed by atoms with Gasteiger partial charge in [-0.25, -0.2) is 4.99 Å². The molecule has 1 heterocycles. The van der Waals surface area contributed by atoms with Gasteiger partial charge in [0.1, 0.15) is 0 Å². The summed E-state index contributed by atoms with van der Waals surface area (Å²) in [6.07, 6.45) is 2.34.